The van der Waals surface area contributed by atoms with Crippen LogP contribution < -0.4 is 0 Å². The number of aryl methyl sites for hydroxylation is 1. The summed E-state index contributed by atoms with van der Waals surface area (Å²) in [6.45, 7) is 4.77. The van der Waals surface area contributed by atoms with Crippen molar-refractivity contribution in [2.45, 2.75) is 52.5 Å². The van der Waals surface area contributed by atoms with Crippen molar-refractivity contribution in [1.82, 2.24) is 4.57 Å². The Labute approximate surface area is 108 Å². The largest absolute Gasteiger partial charge is 0.478 e. The molecule has 0 aliphatic heterocycles. The van der Waals surface area contributed by atoms with Crippen LogP contribution in [0.2, 0.25) is 0 Å². The van der Waals surface area contributed by atoms with E-state index in [1.807, 2.05) is 13.8 Å². The summed E-state index contributed by atoms with van der Waals surface area (Å²) in [7, 11) is 0. The van der Waals surface area contributed by atoms with Gasteiger partial charge in [-0.1, -0.05) is 11.6 Å². The van der Waals surface area contributed by atoms with Crippen molar-refractivity contribution in [3.8, 4) is 0 Å². The molecule has 0 amide bonds. The highest BCUT2D eigenvalue weighted by atomic mass is 16.4. The zero-order valence-electron chi connectivity index (χ0n) is 11.2. The molecule has 0 fully saturated rings. The van der Waals surface area contributed by atoms with E-state index in [0.717, 1.165) is 24.4 Å². The maximum Gasteiger partial charge on any atom is 0.337 e. The summed E-state index contributed by atoms with van der Waals surface area (Å²) in [6.07, 6.45) is 8.44. The third kappa shape index (κ3) is 2.66. The highest BCUT2D eigenvalue weighted by Crippen LogP contribution is 2.22. The van der Waals surface area contributed by atoms with Gasteiger partial charge in [-0.3, -0.25) is 0 Å². The molecule has 98 valence electrons. The van der Waals surface area contributed by atoms with E-state index < -0.39 is 5.97 Å². The number of carboxylic acid groups (broad SMARTS) is 1. The first-order valence-corrected chi connectivity index (χ1v) is 6.67. The highest BCUT2D eigenvalue weighted by Gasteiger charge is 2.14. The first-order chi connectivity index (χ1) is 8.59. The molecule has 0 radical (unpaired) electrons. The van der Waals surface area contributed by atoms with Crippen molar-refractivity contribution in [2.75, 3.05) is 0 Å². The van der Waals surface area contributed by atoms with Gasteiger partial charge in [-0.05, 0) is 52.0 Å². The number of hydrogen-bond acceptors (Lipinski definition) is 1. The van der Waals surface area contributed by atoms with Gasteiger partial charge in [0.25, 0.3) is 0 Å². The predicted octanol–water partition coefficient (Wildman–Crippen LogP) is 3.69. The summed E-state index contributed by atoms with van der Waals surface area (Å²) < 4.78 is 2.12. The van der Waals surface area contributed by atoms with Gasteiger partial charge in [-0.25, -0.2) is 4.79 Å². The van der Waals surface area contributed by atoms with Crippen LogP contribution in [-0.2, 0) is 6.54 Å². The van der Waals surface area contributed by atoms with Crippen molar-refractivity contribution in [3.63, 3.8) is 0 Å². The lowest BCUT2D eigenvalue weighted by molar-refractivity contribution is 0.0696. The van der Waals surface area contributed by atoms with Gasteiger partial charge < -0.3 is 9.67 Å². The Kier molecular flexibility index (Phi) is 3.90. The van der Waals surface area contributed by atoms with Crippen LogP contribution in [0.15, 0.2) is 17.7 Å². The van der Waals surface area contributed by atoms with Crippen LogP contribution in [0.5, 0.6) is 0 Å². The minimum atomic E-state index is -0.828. The molecule has 3 heteroatoms. The molecule has 3 nitrogen and oxygen atoms in total. The van der Waals surface area contributed by atoms with Crippen LogP contribution in [0.3, 0.4) is 0 Å². The molecule has 1 heterocycles. The van der Waals surface area contributed by atoms with E-state index in [-0.39, 0.29) is 0 Å². The fourth-order valence-corrected chi connectivity index (χ4v) is 2.75. The molecule has 1 aliphatic rings. The molecule has 0 aromatic carbocycles. The van der Waals surface area contributed by atoms with Crippen LogP contribution in [-0.4, -0.2) is 15.6 Å². The number of aromatic nitrogens is 1. The van der Waals surface area contributed by atoms with Gasteiger partial charge in [-0.2, -0.15) is 0 Å². The van der Waals surface area contributed by atoms with Crippen LogP contribution in [0.25, 0.3) is 0 Å². The Hall–Kier alpha value is -1.51. The summed E-state index contributed by atoms with van der Waals surface area (Å²) in [5.74, 6) is -0.828. The summed E-state index contributed by atoms with van der Waals surface area (Å²) in [6, 6.07) is 1.77. The van der Waals surface area contributed by atoms with Crippen LogP contribution in [0, 0.1) is 13.8 Å². The van der Waals surface area contributed by atoms with E-state index in [0.29, 0.717) is 5.56 Å². The second kappa shape index (κ2) is 5.42. The smallest absolute Gasteiger partial charge is 0.337 e. The van der Waals surface area contributed by atoms with Crippen LogP contribution in [0.1, 0.15) is 53.8 Å². The van der Waals surface area contributed by atoms with Gasteiger partial charge in [0.2, 0.25) is 0 Å². The van der Waals surface area contributed by atoms with Crippen LogP contribution in [0.4, 0.5) is 0 Å². The van der Waals surface area contributed by atoms with Gasteiger partial charge in [0.1, 0.15) is 0 Å². The van der Waals surface area contributed by atoms with E-state index in [2.05, 4.69) is 10.6 Å². The summed E-state index contributed by atoms with van der Waals surface area (Å²) in [4.78, 5) is 11.1. The first-order valence-electron chi connectivity index (χ1n) is 6.67. The molecule has 0 atom stereocenters. The normalized spacial score (nSPS) is 15.6. The zero-order chi connectivity index (χ0) is 13.1. The number of carbonyl (C=O) groups is 1. The Morgan fingerprint density at radius 3 is 2.72 bits per heavy atom. The summed E-state index contributed by atoms with van der Waals surface area (Å²) in [5.41, 5.74) is 3.88. The third-order valence-corrected chi connectivity index (χ3v) is 3.85. The molecule has 1 aromatic rings. The summed E-state index contributed by atoms with van der Waals surface area (Å²) >= 11 is 0. The molecule has 2 rings (SSSR count). The lowest BCUT2D eigenvalue weighted by Gasteiger charge is -2.15. The fraction of sp³-hybridized carbons (Fsp3) is 0.533. The summed E-state index contributed by atoms with van der Waals surface area (Å²) in [5, 5.41) is 9.10. The lowest BCUT2D eigenvalue weighted by atomic mass is 9.97. The quantitative estimate of drug-likeness (QED) is 0.824. The molecule has 18 heavy (non-hydrogen) atoms. The Balaban J connectivity index is 2.09. The maximum atomic E-state index is 11.1. The molecule has 1 aliphatic carbocycles. The van der Waals surface area contributed by atoms with E-state index in [1.165, 1.54) is 31.3 Å². The standard InChI is InChI=1S/C15H21NO2/c1-11-10-14(15(17)18)12(2)16(11)9-8-13-6-4-3-5-7-13/h6,10H,3-5,7-9H2,1-2H3,(H,17,18). The fourth-order valence-electron chi connectivity index (χ4n) is 2.75. The molecule has 1 N–H and O–H groups in total. The SMILES string of the molecule is Cc1cc(C(=O)O)c(C)n1CCC1=CCCCC1. The van der Waals surface area contributed by atoms with E-state index in [4.69, 9.17) is 5.11 Å². The Morgan fingerprint density at radius 2 is 2.17 bits per heavy atom. The molecule has 0 bridgehead atoms. The Morgan fingerprint density at radius 1 is 1.39 bits per heavy atom. The second-order valence-corrected chi connectivity index (χ2v) is 5.10. The minimum Gasteiger partial charge on any atom is -0.478 e. The predicted molar refractivity (Wildman–Crippen MR) is 72.0 cm³/mol. The number of nitrogens with zero attached hydrogens (tertiary/aromatic N) is 1. The first kappa shape index (κ1) is 12.9. The topological polar surface area (TPSA) is 42.2 Å². The molecular formula is C15H21NO2. The van der Waals surface area contributed by atoms with E-state index >= 15 is 0 Å². The molecule has 0 saturated carbocycles. The molecule has 0 unspecified atom stereocenters. The third-order valence-electron chi connectivity index (χ3n) is 3.85. The average Bonchev–Trinajstić information content (AvgIpc) is 2.64. The molecule has 1 aromatic heterocycles. The molecular weight excluding hydrogens is 226 g/mol. The number of carboxylic acids is 1. The van der Waals surface area contributed by atoms with Crippen molar-refractivity contribution in [2.24, 2.45) is 0 Å². The maximum absolute atomic E-state index is 11.1. The number of aromatic carboxylic acids is 1. The average molecular weight is 247 g/mol. The van der Waals surface area contributed by atoms with E-state index in [1.54, 1.807) is 6.07 Å². The lowest BCUT2D eigenvalue weighted by Crippen LogP contribution is -2.06. The minimum absolute atomic E-state index is 0.435. The monoisotopic (exact) mass is 247 g/mol. The van der Waals surface area contributed by atoms with Crippen molar-refractivity contribution >= 4 is 5.97 Å². The van der Waals surface area contributed by atoms with Gasteiger partial charge in [-0.15, -0.1) is 0 Å². The highest BCUT2D eigenvalue weighted by molar-refractivity contribution is 5.89. The van der Waals surface area contributed by atoms with Crippen molar-refractivity contribution in [1.29, 1.82) is 0 Å². The Bertz CT molecular complexity index is 483. The zero-order valence-corrected chi connectivity index (χ0v) is 11.2. The number of allylic oxidation sites excluding steroid dienone is 2. The van der Waals surface area contributed by atoms with Gasteiger partial charge in [0, 0.05) is 17.9 Å². The van der Waals surface area contributed by atoms with E-state index in [9.17, 15) is 4.79 Å². The van der Waals surface area contributed by atoms with Gasteiger partial charge in [0.05, 0.1) is 5.56 Å². The molecule has 0 spiro atoms. The number of rotatable bonds is 4. The second-order valence-electron chi connectivity index (χ2n) is 5.10. The number of hydrogen-bond donors (Lipinski definition) is 1. The van der Waals surface area contributed by atoms with Crippen molar-refractivity contribution < 1.29 is 9.90 Å². The van der Waals surface area contributed by atoms with Crippen molar-refractivity contribution in [3.05, 3.63) is 34.7 Å². The molecule has 0 saturated heterocycles. The van der Waals surface area contributed by atoms with Gasteiger partial charge in [0.15, 0.2) is 0 Å². The van der Waals surface area contributed by atoms with Crippen LogP contribution >= 0.6 is 0 Å². The van der Waals surface area contributed by atoms with Gasteiger partial charge >= 0.3 is 5.97 Å².